The van der Waals surface area contributed by atoms with Gasteiger partial charge in [-0.3, -0.25) is 0 Å². The van der Waals surface area contributed by atoms with Crippen LogP contribution in [0.2, 0.25) is 13.1 Å². The molecule has 0 aromatic carbocycles. The van der Waals surface area contributed by atoms with Crippen LogP contribution in [0.3, 0.4) is 0 Å². The molecule has 0 N–H and O–H groups in total. The van der Waals surface area contributed by atoms with Crippen LogP contribution in [-0.4, -0.2) is 35.5 Å². The van der Waals surface area contributed by atoms with E-state index in [1.165, 1.54) is 32.1 Å². The lowest BCUT2D eigenvalue weighted by Crippen LogP contribution is -2.36. The van der Waals surface area contributed by atoms with Crippen LogP contribution >= 0.6 is 0 Å². The number of methoxy groups -OCH3 is 1. The highest BCUT2D eigenvalue weighted by Crippen LogP contribution is 2.09. The van der Waals surface area contributed by atoms with Gasteiger partial charge in [0.05, 0.1) is 13.2 Å². The average molecular weight is 262 g/mol. The van der Waals surface area contributed by atoms with Crippen LogP contribution in [0.5, 0.6) is 0 Å². The van der Waals surface area contributed by atoms with Gasteiger partial charge in [0, 0.05) is 13.7 Å². The average Bonchev–Trinajstić information content (AvgIpc) is 2.28. The summed E-state index contributed by atoms with van der Waals surface area (Å²) in [5.41, 5.74) is 0. The molecular formula is C13H30O3Si. The summed E-state index contributed by atoms with van der Waals surface area (Å²) >= 11 is 0. The van der Waals surface area contributed by atoms with Gasteiger partial charge in [-0.05, 0) is 19.5 Å². The fourth-order valence-corrected chi connectivity index (χ4v) is 2.91. The van der Waals surface area contributed by atoms with Crippen molar-refractivity contribution in [2.75, 3.05) is 26.9 Å². The highest BCUT2D eigenvalue weighted by molar-refractivity contribution is 6.64. The first-order valence-corrected chi connectivity index (χ1v) is 9.71. The van der Waals surface area contributed by atoms with Gasteiger partial charge >= 0.3 is 8.56 Å². The molecule has 0 radical (unpaired) electrons. The molecule has 0 aliphatic carbocycles. The number of rotatable bonds is 12. The van der Waals surface area contributed by atoms with Gasteiger partial charge in [0.15, 0.2) is 0 Å². The molecule has 0 spiro atoms. The van der Waals surface area contributed by atoms with E-state index in [1.54, 1.807) is 7.11 Å². The molecule has 3 nitrogen and oxygen atoms in total. The van der Waals surface area contributed by atoms with Crippen molar-refractivity contribution in [2.24, 2.45) is 0 Å². The minimum absolute atomic E-state index is 0.645. The fraction of sp³-hybridized carbons (Fsp3) is 1.00. The quantitative estimate of drug-likeness (QED) is 0.396. The van der Waals surface area contributed by atoms with Gasteiger partial charge in [0.2, 0.25) is 0 Å². The molecule has 0 bridgehead atoms. The van der Waals surface area contributed by atoms with Crippen LogP contribution in [-0.2, 0) is 13.6 Å². The minimum Gasteiger partial charge on any atom is -0.395 e. The van der Waals surface area contributed by atoms with Crippen molar-refractivity contribution in [3.63, 3.8) is 0 Å². The summed E-state index contributed by atoms with van der Waals surface area (Å²) in [6, 6.07) is 0. The van der Waals surface area contributed by atoms with E-state index in [4.69, 9.17) is 13.6 Å². The lowest BCUT2D eigenvalue weighted by molar-refractivity contribution is 0.112. The van der Waals surface area contributed by atoms with Gasteiger partial charge in [0.25, 0.3) is 0 Å². The molecule has 0 aromatic heterocycles. The number of hydrogen-bond acceptors (Lipinski definition) is 3. The molecule has 0 aromatic rings. The Morgan fingerprint density at radius 1 is 0.765 bits per heavy atom. The Labute approximate surface area is 108 Å². The normalized spacial score (nSPS) is 12.0. The predicted octanol–water partition coefficient (Wildman–Crippen LogP) is 3.73. The molecule has 0 atom stereocenters. The van der Waals surface area contributed by atoms with Gasteiger partial charge < -0.3 is 13.6 Å². The van der Waals surface area contributed by atoms with E-state index < -0.39 is 8.56 Å². The third-order valence-corrected chi connectivity index (χ3v) is 4.48. The Hall–Kier alpha value is 0.0969. The van der Waals surface area contributed by atoms with E-state index in [9.17, 15) is 0 Å². The van der Waals surface area contributed by atoms with E-state index in [-0.39, 0.29) is 0 Å². The van der Waals surface area contributed by atoms with Gasteiger partial charge in [0.1, 0.15) is 0 Å². The molecule has 0 rings (SSSR count). The first-order valence-electron chi connectivity index (χ1n) is 6.89. The zero-order valence-corrected chi connectivity index (χ0v) is 13.1. The summed E-state index contributed by atoms with van der Waals surface area (Å²) in [6.07, 6.45) is 7.81. The van der Waals surface area contributed by atoms with Crippen molar-refractivity contribution >= 4 is 8.56 Å². The molecule has 0 fully saturated rings. The summed E-state index contributed by atoms with van der Waals surface area (Å²) in [7, 11) is -0.206. The summed E-state index contributed by atoms with van der Waals surface area (Å²) in [4.78, 5) is 0. The molecule has 0 aliphatic heterocycles. The topological polar surface area (TPSA) is 27.7 Å². The molecule has 104 valence electrons. The Balaban J connectivity index is 3.32. The van der Waals surface area contributed by atoms with Crippen LogP contribution in [0.1, 0.15) is 45.4 Å². The SMILES string of the molecule is CCCCCCCCO[Si](C)(C)OCCOC. The van der Waals surface area contributed by atoms with Crippen LogP contribution in [0.4, 0.5) is 0 Å². The fourth-order valence-electron chi connectivity index (χ4n) is 1.61. The highest BCUT2D eigenvalue weighted by atomic mass is 28.4. The van der Waals surface area contributed by atoms with Crippen molar-refractivity contribution in [1.82, 2.24) is 0 Å². The molecule has 0 saturated carbocycles. The smallest absolute Gasteiger partial charge is 0.331 e. The Morgan fingerprint density at radius 2 is 1.35 bits per heavy atom. The van der Waals surface area contributed by atoms with Gasteiger partial charge in [-0.25, -0.2) is 0 Å². The Kier molecular flexibility index (Phi) is 11.3. The standard InChI is InChI=1S/C13H30O3Si/c1-5-6-7-8-9-10-11-15-17(3,4)16-13-12-14-2/h5-13H2,1-4H3. The van der Waals surface area contributed by atoms with Crippen molar-refractivity contribution in [3.05, 3.63) is 0 Å². The van der Waals surface area contributed by atoms with Crippen molar-refractivity contribution < 1.29 is 13.6 Å². The van der Waals surface area contributed by atoms with Crippen molar-refractivity contribution in [3.8, 4) is 0 Å². The second-order valence-electron chi connectivity index (χ2n) is 4.86. The molecule has 4 heteroatoms. The zero-order valence-electron chi connectivity index (χ0n) is 12.1. The minimum atomic E-state index is -1.90. The van der Waals surface area contributed by atoms with E-state index in [0.717, 1.165) is 13.0 Å². The maximum atomic E-state index is 5.84. The largest absolute Gasteiger partial charge is 0.395 e. The molecule has 17 heavy (non-hydrogen) atoms. The van der Waals surface area contributed by atoms with Crippen LogP contribution in [0.15, 0.2) is 0 Å². The Bertz CT molecular complexity index is 163. The van der Waals surface area contributed by atoms with E-state index in [2.05, 4.69) is 20.0 Å². The molecular weight excluding hydrogens is 232 g/mol. The zero-order chi connectivity index (χ0) is 13.0. The second kappa shape index (κ2) is 11.2. The van der Waals surface area contributed by atoms with Crippen molar-refractivity contribution in [1.29, 1.82) is 0 Å². The van der Waals surface area contributed by atoms with Gasteiger partial charge in [-0.15, -0.1) is 0 Å². The lowest BCUT2D eigenvalue weighted by atomic mass is 10.1. The van der Waals surface area contributed by atoms with Gasteiger partial charge in [-0.1, -0.05) is 39.0 Å². The monoisotopic (exact) mass is 262 g/mol. The Morgan fingerprint density at radius 3 is 2.00 bits per heavy atom. The van der Waals surface area contributed by atoms with E-state index in [1.807, 2.05) is 0 Å². The number of hydrogen-bond donors (Lipinski definition) is 0. The molecule has 0 aliphatic rings. The summed E-state index contributed by atoms with van der Waals surface area (Å²) in [5, 5.41) is 0. The predicted molar refractivity (Wildman–Crippen MR) is 74.6 cm³/mol. The van der Waals surface area contributed by atoms with Crippen LogP contribution < -0.4 is 0 Å². The van der Waals surface area contributed by atoms with Crippen LogP contribution in [0.25, 0.3) is 0 Å². The third-order valence-electron chi connectivity index (χ3n) is 2.68. The molecule has 0 unspecified atom stereocenters. The van der Waals surface area contributed by atoms with Crippen LogP contribution in [0, 0.1) is 0 Å². The number of unbranched alkanes of at least 4 members (excludes halogenated alkanes) is 5. The first kappa shape index (κ1) is 17.1. The maximum absolute atomic E-state index is 5.84. The summed E-state index contributed by atoms with van der Waals surface area (Å²) < 4.78 is 16.5. The highest BCUT2D eigenvalue weighted by Gasteiger charge is 2.23. The second-order valence-corrected chi connectivity index (χ2v) is 8.23. The van der Waals surface area contributed by atoms with Crippen molar-refractivity contribution in [2.45, 2.75) is 58.5 Å². The third kappa shape index (κ3) is 12.3. The first-order chi connectivity index (χ1) is 8.12. The molecule has 0 amide bonds. The van der Waals surface area contributed by atoms with E-state index >= 15 is 0 Å². The number of ether oxygens (including phenoxy) is 1. The maximum Gasteiger partial charge on any atom is 0.331 e. The molecule has 0 saturated heterocycles. The van der Waals surface area contributed by atoms with Gasteiger partial charge in [-0.2, -0.15) is 0 Å². The summed E-state index contributed by atoms with van der Waals surface area (Å²) in [5.74, 6) is 0. The lowest BCUT2D eigenvalue weighted by Gasteiger charge is -2.22. The molecule has 0 heterocycles. The van der Waals surface area contributed by atoms with E-state index in [0.29, 0.717) is 13.2 Å². The summed E-state index contributed by atoms with van der Waals surface area (Å²) in [6.45, 7) is 8.58.